The topological polar surface area (TPSA) is 95.9 Å². The first-order valence-electron chi connectivity index (χ1n) is 25.9. The second kappa shape index (κ2) is 46.7. The maximum Gasteiger partial charge on any atom is 0.306 e. The van der Waals surface area contributed by atoms with Gasteiger partial charge in [-0.2, -0.15) is 0 Å². The van der Waals surface area contributed by atoms with Crippen molar-refractivity contribution in [2.45, 2.75) is 302 Å². The number of nitrogens with one attached hydrogen (secondary N) is 1. The summed E-state index contributed by atoms with van der Waals surface area (Å²) >= 11 is 0. The molecule has 0 rings (SSSR count). The molecule has 0 aliphatic rings. The largest absolute Gasteiger partial charge is 0.462 e. The van der Waals surface area contributed by atoms with Crippen LogP contribution in [0.25, 0.3) is 0 Å². The summed E-state index contributed by atoms with van der Waals surface area (Å²) in [5, 5.41) is 23.7. The van der Waals surface area contributed by atoms with Gasteiger partial charge in [0.05, 0.1) is 25.2 Å². The summed E-state index contributed by atoms with van der Waals surface area (Å²) in [6.07, 6.45) is 51.2. The molecule has 0 spiro atoms. The summed E-state index contributed by atoms with van der Waals surface area (Å²) in [6, 6.07) is -0.694. The van der Waals surface area contributed by atoms with Crippen LogP contribution in [0.4, 0.5) is 0 Å². The molecule has 0 aliphatic carbocycles. The average Bonchev–Trinajstić information content (AvgIpc) is 3.22. The quantitative estimate of drug-likeness (QED) is 0.0323. The van der Waals surface area contributed by atoms with Crippen molar-refractivity contribution < 1.29 is 24.5 Å². The molecule has 0 aromatic rings. The van der Waals surface area contributed by atoms with Crippen LogP contribution in [0.5, 0.6) is 0 Å². The van der Waals surface area contributed by atoms with Crippen LogP contribution in [0.15, 0.2) is 12.2 Å². The highest BCUT2D eigenvalue weighted by molar-refractivity contribution is 5.77. The number of allylic oxidation sites excluding steroid dienone is 2. The summed E-state index contributed by atoms with van der Waals surface area (Å²) in [4.78, 5) is 26.1. The van der Waals surface area contributed by atoms with Crippen LogP contribution in [0.1, 0.15) is 284 Å². The molecule has 3 atom stereocenters. The predicted octanol–water partition coefficient (Wildman–Crippen LogP) is 15.3. The number of amides is 1. The molecule has 344 valence electrons. The fraction of sp³-hybridized carbons (Fsp3) is 0.923. The van der Waals surface area contributed by atoms with Gasteiger partial charge in [-0.1, -0.05) is 232 Å². The number of esters is 1. The number of carbonyl (C=O) groups excluding carboxylic acids is 2. The van der Waals surface area contributed by atoms with Gasteiger partial charge in [-0.3, -0.25) is 9.59 Å². The van der Waals surface area contributed by atoms with Gasteiger partial charge in [0.15, 0.2) is 0 Å². The first-order chi connectivity index (χ1) is 28.5. The third-order valence-electron chi connectivity index (χ3n) is 12.1. The SMILES string of the molecule is CCCCCC/C=C\CCCCCCCCCC(=O)OC(CCCCCCCCCCCCCC)CC(=O)NC(CO)C(O)CCCCCCCCCCCCCC. The lowest BCUT2D eigenvalue weighted by molar-refractivity contribution is -0.151. The van der Waals surface area contributed by atoms with Gasteiger partial charge in [0.1, 0.15) is 6.10 Å². The number of unbranched alkanes of at least 4 members (excludes halogenated alkanes) is 33. The Morgan fingerprint density at radius 3 is 1.24 bits per heavy atom. The highest BCUT2D eigenvalue weighted by Gasteiger charge is 2.24. The monoisotopic (exact) mass is 820 g/mol. The van der Waals surface area contributed by atoms with E-state index >= 15 is 0 Å². The molecule has 0 radical (unpaired) electrons. The van der Waals surface area contributed by atoms with Crippen molar-refractivity contribution in [3.05, 3.63) is 12.2 Å². The van der Waals surface area contributed by atoms with Crippen molar-refractivity contribution in [2.24, 2.45) is 0 Å². The first-order valence-corrected chi connectivity index (χ1v) is 25.9. The minimum absolute atomic E-state index is 0.0830. The Balaban J connectivity index is 4.52. The van der Waals surface area contributed by atoms with Crippen LogP contribution in [0.3, 0.4) is 0 Å². The molecule has 6 nitrogen and oxygen atoms in total. The van der Waals surface area contributed by atoms with Crippen LogP contribution < -0.4 is 5.32 Å². The number of rotatable bonds is 47. The normalized spacial score (nSPS) is 13.3. The Kier molecular flexibility index (Phi) is 45.5. The van der Waals surface area contributed by atoms with E-state index in [-0.39, 0.29) is 24.9 Å². The van der Waals surface area contributed by atoms with E-state index in [0.29, 0.717) is 19.3 Å². The Morgan fingerprint density at radius 2 is 0.828 bits per heavy atom. The Bertz CT molecular complexity index is 878. The zero-order valence-electron chi connectivity index (χ0n) is 39.2. The summed E-state index contributed by atoms with van der Waals surface area (Å²) < 4.78 is 5.93. The molecule has 0 heterocycles. The number of carbonyl (C=O) groups is 2. The van der Waals surface area contributed by atoms with Crippen LogP contribution in [-0.4, -0.2) is 46.9 Å². The van der Waals surface area contributed by atoms with Gasteiger partial charge < -0.3 is 20.3 Å². The second-order valence-corrected chi connectivity index (χ2v) is 17.9. The summed E-state index contributed by atoms with van der Waals surface area (Å²) in [6.45, 7) is 6.49. The van der Waals surface area contributed by atoms with E-state index in [0.717, 1.165) is 44.9 Å². The molecule has 0 aromatic carbocycles. The van der Waals surface area contributed by atoms with E-state index in [9.17, 15) is 19.8 Å². The van der Waals surface area contributed by atoms with Gasteiger partial charge in [-0.05, 0) is 51.4 Å². The van der Waals surface area contributed by atoms with Gasteiger partial charge in [0, 0.05) is 6.42 Å². The van der Waals surface area contributed by atoms with Gasteiger partial charge >= 0.3 is 5.97 Å². The molecule has 1 amide bonds. The lowest BCUT2D eigenvalue weighted by Gasteiger charge is -2.24. The molecule has 0 bridgehead atoms. The van der Waals surface area contributed by atoms with E-state index in [1.807, 2.05) is 0 Å². The third-order valence-corrected chi connectivity index (χ3v) is 12.1. The Hall–Kier alpha value is -1.40. The summed E-state index contributed by atoms with van der Waals surface area (Å²) in [5.41, 5.74) is 0. The van der Waals surface area contributed by atoms with Crippen molar-refractivity contribution in [2.75, 3.05) is 6.61 Å². The minimum Gasteiger partial charge on any atom is -0.462 e. The highest BCUT2D eigenvalue weighted by Crippen LogP contribution is 2.18. The van der Waals surface area contributed by atoms with Crippen molar-refractivity contribution in [1.82, 2.24) is 5.32 Å². The third kappa shape index (κ3) is 41.3. The standard InChI is InChI=1S/C52H101NO5/c1-4-7-10-13-16-19-22-25-26-27-30-33-36-39-42-45-52(57)58-48(43-40-37-34-31-28-23-20-17-14-11-8-5-2)46-51(56)53-49(47-54)50(55)44-41-38-35-32-29-24-21-18-15-12-9-6-3/h19,22,48-50,54-55H,4-18,20-21,23-47H2,1-3H3,(H,53,56)/b22-19-. The molecule has 6 heteroatoms. The Labute approximate surface area is 361 Å². The van der Waals surface area contributed by atoms with E-state index in [1.165, 1.54) is 193 Å². The molecule has 0 aliphatic heterocycles. The van der Waals surface area contributed by atoms with E-state index in [4.69, 9.17) is 4.74 Å². The summed E-state index contributed by atoms with van der Waals surface area (Å²) in [7, 11) is 0. The highest BCUT2D eigenvalue weighted by atomic mass is 16.5. The zero-order chi connectivity index (χ0) is 42.4. The number of aliphatic hydroxyl groups is 2. The molecular weight excluding hydrogens is 719 g/mol. The zero-order valence-corrected chi connectivity index (χ0v) is 39.2. The fourth-order valence-electron chi connectivity index (χ4n) is 8.13. The van der Waals surface area contributed by atoms with Gasteiger partial charge in [-0.15, -0.1) is 0 Å². The van der Waals surface area contributed by atoms with Crippen molar-refractivity contribution in [1.29, 1.82) is 0 Å². The van der Waals surface area contributed by atoms with Gasteiger partial charge in [-0.25, -0.2) is 0 Å². The lowest BCUT2D eigenvalue weighted by Crippen LogP contribution is -2.46. The predicted molar refractivity (Wildman–Crippen MR) is 250 cm³/mol. The van der Waals surface area contributed by atoms with Crippen LogP contribution >= 0.6 is 0 Å². The van der Waals surface area contributed by atoms with Crippen LogP contribution in [0.2, 0.25) is 0 Å². The smallest absolute Gasteiger partial charge is 0.306 e. The average molecular weight is 820 g/mol. The molecule has 0 aromatic heterocycles. The van der Waals surface area contributed by atoms with E-state index < -0.39 is 18.2 Å². The molecule has 0 fully saturated rings. The number of hydrogen-bond acceptors (Lipinski definition) is 5. The van der Waals surface area contributed by atoms with Crippen molar-refractivity contribution >= 4 is 11.9 Å². The number of ether oxygens (including phenoxy) is 1. The molecule has 58 heavy (non-hydrogen) atoms. The molecular formula is C52H101NO5. The van der Waals surface area contributed by atoms with E-state index in [2.05, 4.69) is 38.2 Å². The minimum atomic E-state index is -0.781. The molecule has 3 unspecified atom stereocenters. The number of hydrogen-bond donors (Lipinski definition) is 3. The van der Waals surface area contributed by atoms with Gasteiger partial charge in [0.2, 0.25) is 5.91 Å². The number of aliphatic hydroxyl groups excluding tert-OH is 2. The fourth-order valence-corrected chi connectivity index (χ4v) is 8.13. The summed E-state index contributed by atoms with van der Waals surface area (Å²) in [5.74, 6) is -0.462. The maximum absolute atomic E-state index is 13.2. The molecule has 3 N–H and O–H groups in total. The van der Waals surface area contributed by atoms with Gasteiger partial charge in [0.25, 0.3) is 0 Å². The van der Waals surface area contributed by atoms with Crippen LogP contribution in [-0.2, 0) is 14.3 Å². The van der Waals surface area contributed by atoms with E-state index in [1.54, 1.807) is 0 Å². The van der Waals surface area contributed by atoms with Crippen molar-refractivity contribution in [3.8, 4) is 0 Å². The maximum atomic E-state index is 13.2. The Morgan fingerprint density at radius 1 is 0.483 bits per heavy atom. The van der Waals surface area contributed by atoms with Crippen LogP contribution in [0, 0.1) is 0 Å². The first kappa shape index (κ1) is 56.6. The molecule has 0 saturated heterocycles. The second-order valence-electron chi connectivity index (χ2n) is 17.9. The molecule has 0 saturated carbocycles. The lowest BCUT2D eigenvalue weighted by atomic mass is 10.0. The van der Waals surface area contributed by atoms with Crippen molar-refractivity contribution in [3.63, 3.8) is 0 Å².